The first-order valence-corrected chi connectivity index (χ1v) is 7.50. The predicted molar refractivity (Wildman–Crippen MR) is 88.8 cm³/mol. The van der Waals surface area contributed by atoms with E-state index in [0.29, 0.717) is 0 Å². The highest BCUT2D eigenvalue weighted by Gasteiger charge is 2.29. The average Bonchev–Trinajstić information content (AvgIpc) is 2.59. The van der Waals surface area contributed by atoms with Crippen molar-refractivity contribution in [3.8, 4) is 5.75 Å². The van der Waals surface area contributed by atoms with Gasteiger partial charge in [0, 0.05) is 7.05 Å². The van der Waals surface area contributed by atoms with E-state index >= 15 is 0 Å². The van der Waals surface area contributed by atoms with E-state index in [0.717, 1.165) is 17.1 Å². The summed E-state index contributed by atoms with van der Waals surface area (Å²) in [6.07, 6.45) is 0.222. The van der Waals surface area contributed by atoms with Crippen LogP contribution in [0.1, 0.15) is 6.42 Å². The number of fused-ring (bicyclic) bond motifs is 1. The second-order valence-electron chi connectivity index (χ2n) is 5.33. The van der Waals surface area contributed by atoms with E-state index in [1.54, 1.807) is 11.9 Å². The Bertz CT molecular complexity index is 715. The van der Waals surface area contributed by atoms with Crippen LogP contribution in [0.5, 0.6) is 5.75 Å². The van der Waals surface area contributed by atoms with Crippen molar-refractivity contribution < 1.29 is 14.3 Å². The Labute approximate surface area is 135 Å². The minimum Gasteiger partial charge on any atom is -0.493 e. The van der Waals surface area contributed by atoms with Gasteiger partial charge in [0.25, 0.3) is 0 Å². The number of anilines is 2. The van der Waals surface area contributed by atoms with E-state index in [1.807, 2.05) is 54.6 Å². The summed E-state index contributed by atoms with van der Waals surface area (Å²) < 4.78 is 5.56. The number of hydrogen-bond acceptors (Lipinski definition) is 3. The maximum absolute atomic E-state index is 12.5. The minimum atomic E-state index is -0.116. The molecule has 0 saturated heterocycles. The van der Waals surface area contributed by atoms with Crippen molar-refractivity contribution in [3.05, 3.63) is 54.6 Å². The van der Waals surface area contributed by atoms with Crippen LogP contribution in [0.15, 0.2) is 54.6 Å². The summed E-state index contributed by atoms with van der Waals surface area (Å²) in [5, 5.41) is 0. The summed E-state index contributed by atoms with van der Waals surface area (Å²) in [5.41, 5.74) is 1.51. The quantitative estimate of drug-likeness (QED) is 0.871. The molecule has 1 aliphatic heterocycles. The molecule has 0 unspecified atom stereocenters. The number of ether oxygens (including phenoxy) is 1. The zero-order chi connectivity index (χ0) is 16.2. The van der Waals surface area contributed by atoms with E-state index in [1.165, 1.54) is 4.90 Å². The fraction of sp³-hybridized carbons (Fsp3) is 0.222. The molecule has 0 spiro atoms. The van der Waals surface area contributed by atoms with Gasteiger partial charge in [0.05, 0.1) is 24.4 Å². The number of rotatable bonds is 4. The third-order valence-corrected chi connectivity index (χ3v) is 3.83. The molecule has 2 amide bonds. The van der Waals surface area contributed by atoms with Gasteiger partial charge in [-0.3, -0.25) is 9.59 Å². The molecule has 118 valence electrons. The van der Waals surface area contributed by atoms with E-state index in [9.17, 15) is 9.59 Å². The molecule has 0 saturated carbocycles. The summed E-state index contributed by atoms with van der Waals surface area (Å²) in [7, 11) is 1.72. The standard InChI is InChI=1S/C18H18N2O3/c1-19-15-9-5-6-10-16(15)20(13-18(19)22)17(21)11-12-23-14-7-3-2-4-8-14/h2-10H,11-13H2,1H3. The van der Waals surface area contributed by atoms with Crippen LogP contribution in [0.4, 0.5) is 11.4 Å². The molecular formula is C18H18N2O3. The largest absolute Gasteiger partial charge is 0.493 e. The second-order valence-corrected chi connectivity index (χ2v) is 5.33. The number of para-hydroxylation sites is 3. The highest BCUT2D eigenvalue weighted by molar-refractivity contribution is 6.10. The smallest absolute Gasteiger partial charge is 0.246 e. The number of likely N-dealkylation sites (N-methyl/N-ethyl adjacent to an activating group) is 1. The van der Waals surface area contributed by atoms with Gasteiger partial charge in [-0.25, -0.2) is 0 Å². The monoisotopic (exact) mass is 310 g/mol. The Morgan fingerprint density at radius 1 is 1.04 bits per heavy atom. The van der Waals surface area contributed by atoms with Gasteiger partial charge >= 0.3 is 0 Å². The zero-order valence-corrected chi connectivity index (χ0v) is 12.9. The first kappa shape index (κ1) is 15.1. The Morgan fingerprint density at radius 3 is 2.43 bits per heavy atom. The molecule has 0 aliphatic carbocycles. The lowest BCUT2D eigenvalue weighted by molar-refractivity contribution is -0.123. The van der Waals surface area contributed by atoms with Gasteiger partial charge in [-0.1, -0.05) is 30.3 Å². The molecule has 5 nitrogen and oxygen atoms in total. The molecule has 0 aromatic heterocycles. The second kappa shape index (κ2) is 6.52. The van der Waals surface area contributed by atoms with Gasteiger partial charge in [0.1, 0.15) is 12.3 Å². The molecule has 23 heavy (non-hydrogen) atoms. The lowest BCUT2D eigenvalue weighted by atomic mass is 10.1. The predicted octanol–water partition coefficient (Wildman–Crippen LogP) is 2.47. The van der Waals surface area contributed by atoms with Gasteiger partial charge in [-0.05, 0) is 24.3 Å². The summed E-state index contributed by atoms with van der Waals surface area (Å²) in [6.45, 7) is 0.350. The molecule has 0 N–H and O–H groups in total. The van der Waals surface area contributed by atoms with Crippen LogP contribution in [0.25, 0.3) is 0 Å². The molecule has 2 aromatic rings. The Hall–Kier alpha value is -2.82. The molecule has 0 bridgehead atoms. The Morgan fingerprint density at radius 2 is 1.70 bits per heavy atom. The average molecular weight is 310 g/mol. The van der Waals surface area contributed by atoms with Crippen LogP contribution in [-0.2, 0) is 9.59 Å². The number of nitrogens with zero attached hydrogens (tertiary/aromatic N) is 2. The third-order valence-electron chi connectivity index (χ3n) is 3.83. The topological polar surface area (TPSA) is 49.9 Å². The first-order valence-electron chi connectivity index (χ1n) is 7.50. The molecule has 1 heterocycles. The highest BCUT2D eigenvalue weighted by atomic mass is 16.5. The third kappa shape index (κ3) is 3.18. The molecule has 0 radical (unpaired) electrons. The SMILES string of the molecule is CN1C(=O)CN(C(=O)CCOc2ccccc2)c2ccccc21. The van der Waals surface area contributed by atoms with E-state index in [-0.39, 0.29) is 31.4 Å². The van der Waals surface area contributed by atoms with Gasteiger partial charge in [0.2, 0.25) is 11.8 Å². The molecule has 0 atom stereocenters. The number of amides is 2. The van der Waals surface area contributed by atoms with Crippen molar-refractivity contribution in [2.24, 2.45) is 0 Å². The van der Waals surface area contributed by atoms with Crippen LogP contribution in [-0.4, -0.2) is 32.0 Å². The van der Waals surface area contributed by atoms with Crippen molar-refractivity contribution >= 4 is 23.2 Å². The summed E-state index contributed by atoms with van der Waals surface area (Å²) in [4.78, 5) is 27.7. The fourth-order valence-electron chi connectivity index (χ4n) is 2.57. The number of hydrogen-bond donors (Lipinski definition) is 0. The maximum Gasteiger partial charge on any atom is 0.246 e. The summed E-state index contributed by atoms with van der Waals surface area (Å²) in [5.74, 6) is 0.519. The van der Waals surface area contributed by atoms with Crippen LogP contribution < -0.4 is 14.5 Å². The summed E-state index contributed by atoms with van der Waals surface area (Å²) >= 11 is 0. The van der Waals surface area contributed by atoms with Crippen LogP contribution in [0.3, 0.4) is 0 Å². The molecule has 3 rings (SSSR count). The van der Waals surface area contributed by atoms with Crippen LogP contribution >= 0.6 is 0 Å². The van der Waals surface area contributed by atoms with Crippen molar-refractivity contribution in [1.82, 2.24) is 0 Å². The Kier molecular flexibility index (Phi) is 4.28. The summed E-state index contributed by atoms with van der Waals surface area (Å²) in [6, 6.07) is 16.8. The lowest BCUT2D eigenvalue weighted by Gasteiger charge is -2.34. The normalized spacial score (nSPS) is 13.7. The van der Waals surface area contributed by atoms with Crippen molar-refractivity contribution in [1.29, 1.82) is 0 Å². The van der Waals surface area contributed by atoms with Gasteiger partial charge in [-0.2, -0.15) is 0 Å². The fourth-order valence-corrected chi connectivity index (χ4v) is 2.57. The van der Waals surface area contributed by atoms with Gasteiger partial charge in [0.15, 0.2) is 0 Å². The van der Waals surface area contributed by atoms with Crippen molar-refractivity contribution in [2.75, 3.05) is 30.0 Å². The van der Waals surface area contributed by atoms with E-state index in [4.69, 9.17) is 4.74 Å². The molecule has 1 aliphatic rings. The zero-order valence-electron chi connectivity index (χ0n) is 12.9. The molecular weight excluding hydrogens is 292 g/mol. The minimum absolute atomic E-state index is 0.0671. The molecule has 0 fully saturated rings. The van der Waals surface area contributed by atoms with Crippen LogP contribution in [0, 0.1) is 0 Å². The maximum atomic E-state index is 12.5. The van der Waals surface area contributed by atoms with Crippen molar-refractivity contribution in [2.45, 2.75) is 6.42 Å². The highest BCUT2D eigenvalue weighted by Crippen LogP contribution is 2.32. The Balaban J connectivity index is 1.68. The first-order chi connectivity index (χ1) is 11.2. The number of carbonyl (C=O) groups excluding carboxylic acids is 2. The van der Waals surface area contributed by atoms with Crippen molar-refractivity contribution in [3.63, 3.8) is 0 Å². The molecule has 5 heteroatoms. The molecule has 2 aromatic carbocycles. The van der Waals surface area contributed by atoms with Gasteiger partial charge < -0.3 is 14.5 Å². The number of carbonyl (C=O) groups is 2. The van der Waals surface area contributed by atoms with E-state index < -0.39 is 0 Å². The van der Waals surface area contributed by atoms with E-state index in [2.05, 4.69) is 0 Å². The van der Waals surface area contributed by atoms with Gasteiger partial charge in [-0.15, -0.1) is 0 Å². The van der Waals surface area contributed by atoms with Crippen LogP contribution in [0.2, 0.25) is 0 Å². The lowest BCUT2D eigenvalue weighted by Crippen LogP contribution is -2.46. The number of benzene rings is 2.